The van der Waals surface area contributed by atoms with E-state index in [0.717, 1.165) is 19.5 Å². The molecule has 1 N–H and O–H groups in total. The van der Waals surface area contributed by atoms with E-state index < -0.39 is 10.0 Å². The number of hydrogen-bond acceptors (Lipinski definition) is 6. The molecule has 2 aliphatic rings. The highest BCUT2D eigenvalue weighted by Gasteiger charge is 2.36. The first-order valence-electron chi connectivity index (χ1n) is 11.3. The Kier molecular flexibility index (Phi) is 6.69. The molecule has 0 aliphatic carbocycles. The van der Waals surface area contributed by atoms with Gasteiger partial charge in [-0.3, -0.25) is 9.69 Å². The highest BCUT2D eigenvalue weighted by molar-refractivity contribution is 7.89. The number of carbonyl (C=O) groups is 1. The van der Waals surface area contributed by atoms with Crippen LogP contribution >= 0.6 is 0 Å². The van der Waals surface area contributed by atoms with Crippen LogP contribution in [0.5, 0.6) is 0 Å². The van der Waals surface area contributed by atoms with E-state index in [2.05, 4.69) is 46.6 Å². The molecule has 0 radical (unpaired) electrons. The zero-order chi connectivity index (χ0) is 22.9. The van der Waals surface area contributed by atoms with Crippen LogP contribution in [0.1, 0.15) is 49.2 Å². The minimum Gasteiger partial charge on any atom is -0.360 e. The number of rotatable bonds is 6. The van der Waals surface area contributed by atoms with Crippen molar-refractivity contribution in [3.63, 3.8) is 0 Å². The Bertz CT molecular complexity index is 1030. The molecule has 9 heteroatoms. The molecule has 0 spiro atoms. The summed E-state index contributed by atoms with van der Waals surface area (Å²) in [4.78, 5) is 15.4. The fourth-order valence-electron chi connectivity index (χ4n) is 4.85. The highest BCUT2D eigenvalue weighted by atomic mass is 32.2. The molecule has 1 aromatic heterocycles. The van der Waals surface area contributed by atoms with Crippen LogP contribution < -0.4 is 5.32 Å². The SMILES string of the molecule is Cc1noc(C)c1S(=O)(=O)N1CCC(C(=O)N[C@@H]2CCN([C@H](C)c3ccccc3)C2)CC1. The van der Waals surface area contributed by atoms with E-state index in [-0.39, 0.29) is 22.8 Å². The third-order valence-corrected chi connectivity index (χ3v) is 8.93. The molecule has 8 nitrogen and oxygen atoms in total. The summed E-state index contributed by atoms with van der Waals surface area (Å²) in [5.74, 6) is 0.184. The van der Waals surface area contributed by atoms with Crippen molar-refractivity contribution in [2.24, 2.45) is 5.92 Å². The van der Waals surface area contributed by atoms with Gasteiger partial charge in [0.2, 0.25) is 15.9 Å². The number of hydrogen-bond donors (Lipinski definition) is 1. The van der Waals surface area contributed by atoms with Crippen LogP contribution in [-0.2, 0) is 14.8 Å². The van der Waals surface area contributed by atoms with Crippen molar-refractivity contribution < 1.29 is 17.7 Å². The maximum Gasteiger partial charge on any atom is 0.248 e. The minimum absolute atomic E-state index is 0.0404. The number of likely N-dealkylation sites (tertiary alicyclic amines) is 1. The second-order valence-electron chi connectivity index (χ2n) is 8.91. The van der Waals surface area contributed by atoms with Crippen LogP contribution in [0.3, 0.4) is 0 Å². The van der Waals surface area contributed by atoms with Crippen molar-refractivity contribution in [2.75, 3.05) is 26.2 Å². The summed E-state index contributed by atoms with van der Waals surface area (Å²) in [5.41, 5.74) is 1.66. The van der Waals surface area contributed by atoms with Gasteiger partial charge in [-0.2, -0.15) is 4.31 Å². The van der Waals surface area contributed by atoms with Gasteiger partial charge in [0, 0.05) is 44.2 Å². The third kappa shape index (κ3) is 4.60. The summed E-state index contributed by atoms with van der Waals surface area (Å²) in [6, 6.07) is 10.9. The molecule has 3 heterocycles. The molecular formula is C23H32N4O4S. The lowest BCUT2D eigenvalue weighted by Crippen LogP contribution is -2.46. The van der Waals surface area contributed by atoms with Crippen LogP contribution in [0.2, 0.25) is 0 Å². The average molecular weight is 461 g/mol. The van der Waals surface area contributed by atoms with Crippen molar-refractivity contribution in [1.82, 2.24) is 19.7 Å². The van der Waals surface area contributed by atoms with Gasteiger partial charge in [-0.15, -0.1) is 0 Å². The Hall–Kier alpha value is -2.23. The molecule has 174 valence electrons. The number of benzene rings is 1. The fraction of sp³-hybridized carbons (Fsp3) is 0.565. The van der Waals surface area contributed by atoms with Gasteiger partial charge in [0.05, 0.1) is 0 Å². The predicted molar refractivity (Wildman–Crippen MR) is 120 cm³/mol. The van der Waals surface area contributed by atoms with Crippen LogP contribution in [0.25, 0.3) is 0 Å². The Labute approximate surface area is 190 Å². The Morgan fingerprint density at radius 3 is 2.44 bits per heavy atom. The van der Waals surface area contributed by atoms with E-state index in [1.54, 1.807) is 13.8 Å². The molecule has 2 aromatic rings. The van der Waals surface area contributed by atoms with Crippen LogP contribution in [0.4, 0.5) is 0 Å². The van der Waals surface area contributed by atoms with Crippen LogP contribution in [-0.4, -0.2) is 60.9 Å². The molecule has 1 amide bonds. The van der Waals surface area contributed by atoms with E-state index >= 15 is 0 Å². The highest BCUT2D eigenvalue weighted by Crippen LogP contribution is 2.28. The number of aromatic nitrogens is 1. The predicted octanol–water partition coefficient (Wildman–Crippen LogP) is 2.64. The van der Waals surface area contributed by atoms with Crippen molar-refractivity contribution in [3.8, 4) is 0 Å². The van der Waals surface area contributed by atoms with Gasteiger partial charge in [0.25, 0.3) is 0 Å². The number of piperidine rings is 1. The number of aryl methyl sites for hydroxylation is 2. The summed E-state index contributed by atoms with van der Waals surface area (Å²) in [5, 5.41) is 6.98. The topological polar surface area (TPSA) is 95.8 Å². The first-order chi connectivity index (χ1) is 15.3. The fourth-order valence-corrected chi connectivity index (χ4v) is 6.61. The summed E-state index contributed by atoms with van der Waals surface area (Å²) >= 11 is 0. The molecule has 2 aliphatic heterocycles. The number of sulfonamides is 1. The van der Waals surface area contributed by atoms with Crippen molar-refractivity contribution in [1.29, 1.82) is 0 Å². The monoisotopic (exact) mass is 460 g/mol. The summed E-state index contributed by atoms with van der Waals surface area (Å²) in [7, 11) is -3.66. The molecular weight excluding hydrogens is 428 g/mol. The van der Waals surface area contributed by atoms with Crippen molar-refractivity contribution in [3.05, 3.63) is 47.3 Å². The maximum absolute atomic E-state index is 13.0. The normalized spacial score (nSPS) is 22.2. The molecule has 2 fully saturated rings. The summed E-state index contributed by atoms with van der Waals surface area (Å²) < 4.78 is 32.4. The lowest BCUT2D eigenvalue weighted by atomic mass is 9.97. The van der Waals surface area contributed by atoms with Gasteiger partial charge in [-0.05, 0) is 45.6 Å². The first-order valence-corrected chi connectivity index (χ1v) is 12.7. The Balaban J connectivity index is 1.29. The molecule has 0 unspecified atom stereocenters. The van der Waals surface area contributed by atoms with Crippen LogP contribution in [0.15, 0.2) is 39.8 Å². The Morgan fingerprint density at radius 1 is 1.12 bits per heavy atom. The molecule has 2 saturated heterocycles. The number of nitrogens with one attached hydrogen (secondary N) is 1. The van der Waals surface area contributed by atoms with E-state index in [4.69, 9.17) is 4.52 Å². The minimum atomic E-state index is -3.66. The maximum atomic E-state index is 13.0. The number of nitrogens with zero attached hydrogens (tertiary/aromatic N) is 3. The van der Waals surface area contributed by atoms with Gasteiger partial charge in [-0.1, -0.05) is 35.5 Å². The second kappa shape index (κ2) is 9.33. The molecule has 0 bridgehead atoms. The zero-order valence-corrected chi connectivity index (χ0v) is 19.8. The number of amides is 1. The molecule has 32 heavy (non-hydrogen) atoms. The summed E-state index contributed by atoms with van der Waals surface area (Å²) in [6.45, 7) is 7.88. The van der Waals surface area contributed by atoms with Gasteiger partial charge in [-0.25, -0.2) is 8.42 Å². The van der Waals surface area contributed by atoms with Gasteiger partial charge in [0.15, 0.2) is 5.76 Å². The number of carbonyl (C=O) groups excluding carboxylic acids is 1. The van der Waals surface area contributed by atoms with Crippen molar-refractivity contribution in [2.45, 2.75) is 57.0 Å². The Morgan fingerprint density at radius 2 is 1.81 bits per heavy atom. The summed E-state index contributed by atoms with van der Waals surface area (Å²) in [6.07, 6.45) is 1.97. The molecule has 0 saturated carbocycles. The largest absolute Gasteiger partial charge is 0.360 e. The standard InChI is InChI=1S/C23H32N4O4S/c1-16-22(18(3)31-25-16)32(29,30)27-13-9-20(10-14-27)23(28)24-21-11-12-26(15-21)17(2)19-7-5-4-6-8-19/h4-8,17,20-21H,9-15H2,1-3H3,(H,24,28)/t17-,21-/m1/s1. The van der Waals surface area contributed by atoms with Gasteiger partial charge < -0.3 is 9.84 Å². The molecule has 4 rings (SSSR count). The van der Waals surface area contributed by atoms with E-state index in [0.29, 0.717) is 43.4 Å². The lowest BCUT2D eigenvalue weighted by Gasteiger charge is -2.31. The first kappa shape index (κ1) is 22.9. The van der Waals surface area contributed by atoms with E-state index in [9.17, 15) is 13.2 Å². The van der Waals surface area contributed by atoms with E-state index in [1.807, 2.05) is 6.07 Å². The van der Waals surface area contributed by atoms with Gasteiger partial charge >= 0.3 is 0 Å². The average Bonchev–Trinajstić information content (AvgIpc) is 3.40. The molecule has 1 aromatic carbocycles. The van der Waals surface area contributed by atoms with Crippen LogP contribution in [0, 0.1) is 19.8 Å². The van der Waals surface area contributed by atoms with E-state index in [1.165, 1.54) is 9.87 Å². The van der Waals surface area contributed by atoms with Gasteiger partial charge in [0.1, 0.15) is 10.6 Å². The second-order valence-corrected chi connectivity index (χ2v) is 10.8. The lowest BCUT2D eigenvalue weighted by molar-refractivity contribution is -0.126. The third-order valence-electron chi connectivity index (χ3n) is 6.79. The molecule has 2 atom stereocenters. The zero-order valence-electron chi connectivity index (χ0n) is 19.0. The quantitative estimate of drug-likeness (QED) is 0.712. The van der Waals surface area contributed by atoms with Crippen molar-refractivity contribution >= 4 is 15.9 Å². The smallest absolute Gasteiger partial charge is 0.248 e.